The Balaban J connectivity index is 1.32. The van der Waals surface area contributed by atoms with Crippen molar-refractivity contribution in [3.63, 3.8) is 0 Å². The van der Waals surface area contributed by atoms with Crippen molar-refractivity contribution >= 4 is 38.6 Å². The lowest BCUT2D eigenvalue weighted by molar-refractivity contribution is -0.0540. The summed E-state index contributed by atoms with van der Waals surface area (Å²) < 4.78 is 51.9. The second-order valence-electron chi connectivity index (χ2n) is 13.0. The number of anilines is 1. The molecular formula is C29H38ClFN6O5S. The molecule has 4 N–H and O–H groups in total. The Bertz CT molecular complexity index is 1650. The first kappa shape index (κ1) is 30.6. The van der Waals surface area contributed by atoms with E-state index in [9.17, 15) is 18.6 Å². The molecule has 3 aromatic rings. The Kier molecular flexibility index (Phi) is 7.74. The van der Waals surface area contributed by atoms with Crippen LogP contribution < -0.4 is 10.0 Å². The number of sulfonamides is 1. The van der Waals surface area contributed by atoms with Crippen molar-refractivity contribution in [1.82, 2.24) is 24.2 Å². The summed E-state index contributed by atoms with van der Waals surface area (Å²) in [6.45, 7) is 7.29. The first-order valence-electron chi connectivity index (χ1n) is 14.7. The Hall–Kier alpha value is -2.42. The number of imidazole rings is 1. The van der Waals surface area contributed by atoms with Gasteiger partial charge in [-0.1, -0.05) is 24.4 Å². The molecule has 14 heteroatoms. The van der Waals surface area contributed by atoms with E-state index in [2.05, 4.69) is 25.0 Å². The number of ether oxygens (including phenoxy) is 1. The fourth-order valence-electron chi connectivity index (χ4n) is 6.80. The van der Waals surface area contributed by atoms with Gasteiger partial charge in [0.2, 0.25) is 16.0 Å². The summed E-state index contributed by atoms with van der Waals surface area (Å²) in [7, 11) is -3.58. The van der Waals surface area contributed by atoms with Crippen LogP contribution >= 0.6 is 11.6 Å². The van der Waals surface area contributed by atoms with Crippen LogP contribution in [0.25, 0.3) is 22.3 Å². The molecule has 2 aliphatic carbocycles. The molecule has 1 aromatic carbocycles. The molecule has 2 saturated carbocycles. The highest BCUT2D eigenvalue weighted by molar-refractivity contribution is 7.90. The number of fused-ring (bicyclic) bond motifs is 4. The van der Waals surface area contributed by atoms with E-state index in [0.717, 1.165) is 12.8 Å². The minimum absolute atomic E-state index is 0.122. The number of nitrogens with zero attached hydrogens (tertiary/aromatic N) is 4. The number of aliphatic hydroxyl groups excluding tert-OH is 1. The molecule has 0 unspecified atom stereocenters. The van der Waals surface area contributed by atoms with Gasteiger partial charge >= 0.3 is 0 Å². The van der Waals surface area contributed by atoms with Crippen LogP contribution in [0.15, 0.2) is 18.3 Å². The quantitative estimate of drug-likeness (QED) is 0.285. The van der Waals surface area contributed by atoms with Crippen LogP contribution in [-0.2, 0) is 20.4 Å². The molecule has 2 aliphatic heterocycles. The van der Waals surface area contributed by atoms with Crippen LogP contribution in [0.3, 0.4) is 0 Å². The molecule has 4 heterocycles. The Morgan fingerprint density at radius 1 is 1.21 bits per heavy atom. The molecule has 4 fully saturated rings. The van der Waals surface area contributed by atoms with E-state index in [4.69, 9.17) is 16.3 Å². The van der Waals surface area contributed by atoms with E-state index in [1.165, 1.54) is 12.3 Å². The largest absolute Gasteiger partial charge is 0.390 e. The zero-order chi connectivity index (χ0) is 30.9. The first-order chi connectivity index (χ1) is 20.2. The maximum Gasteiger partial charge on any atom is 0.223 e. The van der Waals surface area contributed by atoms with Crippen molar-refractivity contribution in [2.75, 3.05) is 11.9 Å². The van der Waals surface area contributed by atoms with Crippen LogP contribution in [0.5, 0.6) is 0 Å². The Morgan fingerprint density at radius 2 is 1.93 bits per heavy atom. The van der Waals surface area contributed by atoms with Crippen LogP contribution in [-0.4, -0.2) is 67.9 Å². The molecule has 2 saturated heterocycles. The van der Waals surface area contributed by atoms with E-state index in [0.29, 0.717) is 36.2 Å². The molecular weight excluding hydrogens is 599 g/mol. The number of hydrogen-bond acceptors (Lipinski definition) is 9. The van der Waals surface area contributed by atoms with Gasteiger partial charge in [0.25, 0.3) is 0 Å². The highest BCUT2D eigenvalue weighted by atomic mass is 35.5. The van der Waals surface area contributed by atoms with Crippen LogP contribution in [0.1, 0.15) is 78.1 Å². The molecule has 7 rings (SSSR count). The van der Waals surface area contributed by atoms with Crippen molar-refractivity contribution in [3.05, 3.63) is 35.0 Å². The second-order valence-corrected chi connectivity index (χ2v) is 15.4. The zero-order valence-electron chi connectivity index (χ0n) is 24.6. The van der Waals surface area contributed by atoms with Crippen molar-refractivity contribution in [1.29, 1.82) is 0 Å². The molecule has 4 aliphatic rings. The van der Waals surface area contributed by atoms with Crippen molar-refractivity contribution in [3.8, 4) is 11.3 Å². The predicted molar refractivity (Wildman–Crippen MR) is 160 cm³/mol. The van der Waals surface area contributed by atoms with Crippen molar-refractivity contribution in [2.24, 2.45) is 5.92 Å². The third kappa shape index (κ3) is 5.53. The monoisotopic (exact) mass is 636 g/mol. The number of halogens is 2. The summed E-state index contributed by atoms with van der Waals surface area (Å²) in [5, 5.41) is 24.8. The number of aliphatic hydroxyl groups is 2. The summed E-state index contributed by atoms with van der Waals surface area (Å²) in [5.74, 6) is -0.258. The predicted octanol–water partition coefficient (Wildman–Crippen LogP) is 4.23. The molecule has 4 atom stereocenters. The minimum atomic E-state index is -3.58. The van der Waals surface area contributed by atoms with E-state index < -0.39 is 44.6 Å². The van der Waals surface area contributed by atoms with E-state index in [1.54, 1.807) is 24.5 Å². The second kappa shape index (κ2) is 10.9. The molecule has 11 nitrogen and oxygen atoms in total. The van der Waals surface area contributed by atoms with E-state index in [1.807, 2.05) is 13.8 Å². The van der Waals surface area contributed by atoms with Crippen molar-refractivity contribution < 1.29 is 27.8 Å². The van der Waals surface area contributed by atoms with Crippen LogP contribution in [0, 0.1) is 11.7 Å². The number of hydrogen-bond donors (Lipinski definition) is 4. The van der Waals surface area contributed by atoms with Gasteiger partial charge in [0.1, 0.15) is 23.2 Å². The minimum Gasteiger partial charge on any atom is -0.390 e. The lowest BCUT2D eigenvalue weighted by Gasteiger charge is -2.51. The van der Waals surface area contributed by atoms with Crippen molar-refractivity contribution in [2.45, 2.75) is 101 Å². The SMILES string of the molecule is CC(C)n1c(C(C)(C)O)nc2c(F)cc(-c3nc(N[C@@]45C[C@@H](CO[C@@H](NS(=O)(=O)C6CCCC6)C4)[C@H]5O)ncc3Cl)cc21. The highest BCUT2D eigenvalue weighted by Gasteiger charge is 2.57. The zero-order valence-corrected chi connectivity index (χ0v) is 26.2. The highest BCUT2D eigenvalue weighted by Crippen LogP contribution is 2.47. The molecule has 0 amide bonds. The standard InChI is InChI=1S/C29H38ClFN6O5S/c1-15(2)37-21-10-16(9-20(31)24(21)33-26(37)28(3,4)39)23-19(30)13-32-27(34-23)35-29-11-17(25(29)38)14-42-22(12-29)36-43(40,41)18-7-5-6-8-18/h9-10,13,15,17-18,22,25,36,38-39H,5-8,11-12,14H2,1-4H3,(H,32,34,35)/t17-,22+,25+,29-/m0/s1. The number of benzene rings is 1. The van der Waals surface area contributed by atoms with Gasteiger partial charge in [-0.2, -0.15) is 4.72 Å². The molecule has 2 aromatic heterocycles. The third-order valence-corrected chi connectivity index (χ3v) is 11.1. The Morgan fingerprint density at radius 3 is 2.58 bits per heavy atom. The van der Waals surface area contributed by atoms with Crippen LogP contribution in [0.2, 0.25) is 5.02 Å². The van der Waals surface area contributed by atoms with E-state index >= 15 is 4.39 Å². The number of rotatable bonds is 8. The maximum absolute atomic E-state index is 15.5. The van der Waals surface area contributed by atoms with Gasteiger partial charge in [0, 0.05) is 23.9 Å². The van der Waals surface area contributed by atoms with Crippen LogP contribution in [0.4, 0.5) is 10.3 Å². The molecule has 43 heavy (non-hydrogen) atoms. The lowest BCUT2D eigenvalue weighted by atomic mass is 9.64. The average molecular weight is 637 g/mol. The summed E-state index contributed by atoms with van der Waals surface area (Å²) in [4.78, 5) is 13.4. The van der Waals surface area contributed by atoms with Gasteiger partial charge in [-0.3, -0.25) is 0 Å². The van der Waals surface area contributed by atoms with E-state index in [-0.39, 0.29) is 47.2 Å². The summed E-state index contributed by atoms with van der Waals surface area (Å²) in [6.07, 6.45) is 3.51. The topological polar surface area (TPSA) is 151 Å². The van der Waals surface area contributed by atoms with Gasteiger partial charge in [-0.05, 0) is 59.1 Å². The normalized spacial score (nSPS) is 26.6. The molecule has 0 spiro atoms. The summed E-state index contributed by atoms with van der Waals surface area (Å²) in [5.41, 5.74) is -0.953. The molecule has 0 radical (unpaired) electrons. The van der Waals surface area contributed by atoms with Gasteiger partial charge < -0.3 is 24.8 Å². The third-order valence-electron chi connectivity index (χ3n) is 8.93. The molecule has 2 bridgehead atoms. The van der Waals surface area contributed by atoms with Gasteiger partial charge in [-0.15, -0.1) is 0 Å². The average Bonchev–Trinajstić information content (AvgIpc) is 3.55. The Labute approximate surface area is 255 Å². The first-order valence-corrected chi connectivity index (χ1v) is 16.7. The smallest absolute Gasteiger partial charge is 0.223 e. The lowest BCUT2D eigenvalue weighted by Crippen LogP contribution is -2.64. The summed E-state index contributed by atoms with van der Waals surface area (Å²) >= 11 is 6.53. The fourth-order valence-corrected chi connectivity index (χ4v) is 8.66. The number of nitrogens with one attached hydrogen (secondary N) is 2. The van der Waals surface area contributed by atoms with Gasteiger partial charge in [0.15, 0.2) is 5.82 Å². The maximum atomic E-state index is 15.5. The van der Waals surface area contributed by atoms with Gasteiger partial charge in [-0.25, -0.2) is 27.8 Å². The molecule has 234 valence electrons. The summed E-state index contributed by atoms with van der Waals surface area (Å²) in [6, 6.07) is 2.91. The van der Waals surface area contributed by atoms with Gasteiger partial charge in [0.05, 0.1) is 45.9 Å². The fraction of sp³-hybridized carbons (Fsp3) is 0.621. The number of aromatic nitrogens is 4.